The summed E-state index contributed by atoms with van der Waals surface area (Å²) in [6.07, 6.45) is 0. The van der Waals surface area contributed by atoms with Gasteiger partial charge >= 0.3 is 0 Å². The van der Waals surface area contributed by atoms with Gasteiger partial charge in [0.1, 0.15) is 11.2 Å². The van der Waals surface area contributed by atoms with Crippen LogP contribution in [-0.2, 0) is 30.1 Å². The van der Waals surface area contributed by atoms with Gasteiger partial charge in [0.25, 0.3) is 0 Å². The highest BCUT2D eigenvalue weighted by molar-refractivity contribution is 5.97. The van der Waals surface area contributed by atoms with Crippen LogP contribution in [0.25, 0.3) is 0 Å². The maximum absolute atomic E-state index is 5.79. The summed E-state index contributed by atoms with van der Waals surface area (Å²) in [5, 5.41) is 0. The van der Waals surface area contributed by atoms with Crippen LogP contribution in [0.4, 0.5) is 0 Å². The molecule has 0 fully saturated rings. The minimum atomic E-state index is -0.564. The molecule has 0 heterocycles. The van der Waals surface area contributed by atoms with Crippen molar-refractivity contribution in [2.24, 2.45) is 10.8 Å². The van der Waals surface area contributed by atoms with Crippen LogP contribution in [0.2, 0.25) is 0 Å². The molecule has 2 atom stereocenters. The van der Waals surface area contributed by atoms with Crippen molar-refractivity contribution in [1.82, 2.24) is 0 Å². The fourth-order valence-corrected chi connectivity index (χ4v) is 3.32. The third kappa shape index (κ3) is 4.00. The Labute approximate surface area is 153 Å². The molecule has 4 nitrogen and oxygen atoms in total. The van der Waals surface area contributed by atoms with E-state index in [9.17, 15) is 0 Å². The van der Waals surface area contributed by atoms with E-state index in [4.69, 9.17) is 18.9 Å². The normalized spacial score (nSPS) is 18.3. The summed E-state index contributed by atoms with van der Waals surface area (Å²) in [6.45, 7) is 17.1. The lowest BCUT2D eigenvalue weighted by Gasteiger charge is -2.43. The summed E-state index contributed by atoms with van der Waals surface area (Å²) >= 11 is 0. The van der Waals surface area contributed by atoms with Crippen LogP contribution in [-0.4, -0.2) is 21.0 Å². The zero-order valence-electron chi connectivity index (χ0n) is 16.9. The molecule has 0 N–H and O–H groups in total. The van der Waals surface area contributed by atoms with Crippen molar-refractivity contribution >= 4 is 21.0 Å². The molecule has 138 valence electrons. The Morgan fingerprint density at radius 1 is 0.667 bits per heavy atom. The second-order valence-electron chi connectivity index (χ2n) is 8.65. The largest absolute Gasteiger partial charge is 0.298 e. The van der Waals surface area contributed by atoms with Crippen molar-refractivity contribution in [2.75, 3.05) is 0 Å². The smallest absolute Gasteiger partial charge is 0.193 e. The topological polar surface area (TPSA) is 36.9 Å². The molecule has 0 spiro atoms. The maximum Gasteiger partial charge on any atom is 0.193 e. The Morgan fingerprint density at radius 2 is 1.00 bits per heavy atom. The van der Waals surface area contributed by atoms with Crippen LogP contribution in [0.5, 0.6) is 0 Å². The van der Waals surface area contributed by atoms with Gasteiger partial charge in [-0.05, 0) is 41.9 Å². The molecule has 24 heavy (non-hydrogen) atoms. The van der Waals surface area contributed by atoms with E-state index < -0.39 is 11.2 Å². The molecular formula is C18H34O4Si2. The Balaban J connectivity index is 3.50. The van der Waals surface area contributed by atoms with E-state index in [-0.39, 0.29) is 10.8 Å². The summed E-state index contributed by atoms with van der Waals surface area (Å²) in [4.78, 5) is 11.6. The summed E-state index contributed by atoms with van der Waals surface area (Å²) in [6, 6.07) is 8.36. The molecule has 1 aromatic carbocycles. The van der Waals surface area contributed by atoms with Crippen molar-refractivity contribution in [3.05, 3.63) is 35.4 Å². The second-order valence-corrected chi connectivity index (χ2v) is 9.31. The van der Waals surface area contributed by atoms with E-state index in [0.717, 1.165) is 11.1 Å². The van der Waals surface area contributed by atoms with Gasteiger partial charge in [0.2, 0.25) is 0 Å². The average molecular weight is 371 g/mol. The maximum atomic E-state index is 5.79. The third-order valence-electron chi connectivity index (χ3n) is 5.33. The molecule has 0 saturated carbocycles. The molecule has 1 aromatic rings. The lowest BCUT2D eigenvalue weighted by molar-refractivity contribution is -0.323. The quantitative estimate of drug-likeness (QED) is 0.438. The number of rotatable bonds is 6. The summed E-state index contributed by atoms with van der Waals surface area (Å²) < 4.78 is 10.4. The van der Waals surface area contributed by atoms with Crippen LogP contribution >= 0.6 is 0 Å². The van der Waals surface area contributed by atoms with E-state index in [1.54, 1.807) is 0 Å². The minimum absolute atomic E-state index is 0.136. The Bertz CT molecular complexity index is 505. The lowest BCUT2D eigenvalue weighted by atomic mass is 9.70. The number of benzene rings is 1. The summed E-state index contributed by atoms with van der Waals surface area (Å²) in [5.74, 6) is 0. The van der Waals surface area contributed by atoms with Gasteiger partial charge in [-0.3, -0.25) is 9.15 Å². The van der Waals surface area contributed by atoms with Crippen LogP contribution < -0.4 is 0 Å². The van der Waals surface area contributed by atoms with Crippen LogP contribution in [0.15, 0.2) is 24.3 Å². The van der Waals surface area contributed by atoms with Gasteiger partial charge in [0.05, 0.1) is 0 Å². The standard InChI is InChI=1S/C18H34O4Si2/c1-15(2,3)17(7,19-21-23)13-10-9-11-14(12-13)18(8,20-22-24)16(4,5)6/h9-12H,1-8,23-24H3. The molecule has 1 rings (SSSR count). The molecule has 6 heteroatoms. The molecule has 0 aromatic heterocycles. The number of hydrogen-bond acceptors (Lipinski definition) is 4. The molecular weight excluding hydrogens is 336 g/mol. The Morgan fingerprint density at radius 3 is 1.25 bits per heavy atom. The fourth-order valence-electron chi connectivity index (χ4n) is 2.66. The minimum Gasteiger partial charge on any atom is -0.298 e. The van der Waals surface area contributed by atoms with Gasteiger partial charge < -0.3 is 0 Å². The summed E-state index contributed by atoms with van der Waals surface area (Å²) in [5.41, 5.74) is 0.731. The molecule has 0 bridgehead atoms. The van der Waals surface area contributed by atoms with Gasteiger partial charge in [-0.1, -0.05) is 59.7 Å². The SMILES string of the molecule is CC(C)(C)C(C)(OO[SiH3])c1cccc(C(C)(OO[SiH3])C(C)(C)C)c1. The van der Waals surface area contributed by atoms with E-state index in [2.05, 4.69) is 73.6 Å². The van der Waals surface area contributed by atoms with Crippen LogP contribution in [0.1, 0.15) is 66.5 Å². The van der Waals surface area contributed by atoms with Gasteiger partial charge in [-0.15, -0.1) is 0 Å². The highest BCUT2D eigenvalue weighted by atomic mass is 28.2. The van der Waals surface area contributed by atoms with E-state index in [1.807, 2.05) is 6.07 Å². The van der Waals surface area contributed by atoms with Crippen LogP contribution in [0.3, 0.4) is 0 Å². The van der Waals surface area contributed by atoms with Crippen molar-refractivity contribution in [1.29, 1.82) is 0 Å². The van der Waals surface area contributed by atoms with Gasteiger partial charge in [-0.2, -0.15) is 0 Å². The monoisotopic (exact) mass is 370 g/mol. The van der Waals surface area contributed by atoms with Crippen LogP contribution in [0, 0.1) is 10.8 Å². The van der Waals surface area contributed by atoms with E-state index in [0.29, 0.717) is 21.0 Å². The predicted octanol–water partition coefficient (Wildman–Crippen LogP) is 2.67. The Hall–Kier alpha value is -0.506. The predicted molar refractivity (Wildman–Crippen MR) is 104 cm³/mol. The van der Waals surface area contributed by atoms with Crippen molar-refractivity contribution in [2.45, 2.75) is 66.6 Å². The molecule has 0 aliphatic rings. The highest BCUT2D eigenvalue weighted by Crippen LogP contribution is 2.46. The first-order valence-corrected chi connectivity index (χ1v) is 10.0. The molecule has 0 radical (unpaired) electrons. The first-order chi connectivity index (χ1) is 10.8. The van der Waals surface area contributed by atoms with Gasteiger partial charge in [0, 0.05) is 0 Å². The first kappa shape index (κ1) is 21.5. The first-order valence-electron chi connectivity index (χ1n) is 8.38. The zero-order chi connectivity index (χ0) is 18.8. The molecule has 0 amide bonds. The molecule has 2 unspecified atom stereocenters. The molecule has 0 aliphatic carbocycles. The molecule has 0 saturated heterocycles. The van der Waals surface area contributed by atoms with Gasteiger partial charge in [-0.25, -0.2) is 9.78 Å². The van der Waals surface area contributed by atoms with Crippen molar-refractivity contribution < 1.29 is 18.9 Å². The second kappa shape index (κ2) is 7.39. The number of hydrogen-bond donors (Lipinski definition) is 0. The van der Waals surface area contributed by atoms with E-state index >= 15 is 0 Å². The van der Waals surface area contributed by atoms with Crippen molar-refractivity contribution in [3.8, 4) is 0 Å². The zero-order valence-corrected chi connectivity index (χ0v) is 20.9. The average Bonchev–Trinajstić information content (AvgIpc) is 2.45. The summed E-state index contributed by atoms with van der Waals surface area (Å²) in [7, 11) is 1.05. The Kier molecular flexibility index (Phi) is 6.63. The third-order valence-corrected chi connectivity index (χ3v) is 5.66. The highest BCUT2D eigenvalue weighted by Gasteiger charge is 2.45. The fraction of sp³-hybridized carbons (Fsp3) is 0.667. The van der Waals surface area contributed by atoms with Gasteiger partial charge in [0.15, 0.2) is 21.0 Å². The van der Waals surface area contributed by atoms with E-state index in [1.165, 1.54) is 0 Å². The van der Waals surface area contributed by atoms with Crippen molar-refractivity contribution in [3.63, 3.8) is 0 Å². The lowest BCUT2D eigenvalue weighted by Crippen LogP contribution is -2.42. The molecule has 0 aliphatic heterocycles.